The first-order valence-electron chi connectivity index (χ1n) is 4.83. The number of ether oxygens (including phenoxy) is 1. The van der Waals surface area contributed by atoms with E-state index in [0.29, 0.717) is 12.1 Å². The van der Waals surface area contributed by atoms with Crippen LogP contribution in [0.2, 0.25) is 0 Å². The standard InChI is InChI=1S/C10H9F2NO5/c1-5(2-10(14)15)18-9-4-6(11)8(13(16)17)3-7(9)12/h3-5H,2H2,1H3,(H,14,15)/t5-/m1/s1. The number of nitrogens with zero attached hydrogens (tertiary/aromatic N) is 1. The average molecular weight is 261 g/mol. The summed E-state index contributed by atoms with van der Waals surface area (Å²) in [5.41, 5.74) is -1.01. The van der Waals surface area contributed by atoms with Gasteiger partial charge < -0.3 is 9.84 Å². The van der Waals surface area contributed by atoms with Gasteiger partial charge in [-0.3, -0.25) is 14.9 Å². The van der Waals surface area contributed by atoms with Crippen LogP contribution in [0, 0.1) is 21.7 Å². The van der Waals surface area contributed by atoms with E-state index in [2.05, 4.69) is 0 Å². The number of hydrogen-bond acceptors (Lipinski definition) is 4. The van der Waals surface area contributed by atoms with E-state index in [1.807, 2.05) is 0 Å². The Morgan fingerprint density at radius 3 is 2.61 bits per heavy atom. The lowest BCUT2D eigenvalue weighted by molar-refractivity contribution is -0.387. The third kappa shape index (κ3) is 3.37. The monoisotopic (exact) mass is 261 g/mol. The smallest absolute Gasteiger partial charge is 0.307 e. The number of carboxylic acids is 1. The molecule has 0 aliphatic carbocycles. The average Bonchev–Trinajstić information content (AvgIpc) is 2.21. The first-order valence-corrected chi connectivity index (χ1v) is 4.83. The summed E-state index contributed by atoms with van der Waals surface area (Å²) in [6.07, 6.45) is -1.30. The van der Waals surface area contributed by atoms with Gasteiger partial charge in [0.2, 0.25) is 5.82 Å². The number of carbonyl (C=O) groups is 1. The molecule has 0 heterocycles. The van der Waals surface area contributed by atoms with E-state index in [-0.39, 0.29) is 0 Å². The highest BCUT2D eigenvalue weighted by molar-refractivity contribution is 5.67. The van der Waals surface area contributed by atoms with Crippen molar-refractivity contribution in [2.24, 2.45) is 0 Å². The quantitative estimate of drug-likeness (QED) is 0.647. The summed E-state index contributed by atoms with van der Waals surface area (Å²) in [5, 5.41) is 18.8. The van der Waals surface area contributed by atoms with Crippen molar-refractivity contribution in [3.63, 3.8) is 0 Å². The highest BCUT2D eigenvalue weighted by Crippen LogP contribution is 2.27. The van der Waals surface area contributed by atoms with Gasteiger partial charge in [-0.25, -0.2) is 4.39 Å². The lowest BCUT2D eigenvalue weighted by atomic mass is 10.2. The number of hydrogen-bond donors (Lipinski definition) is 1. The second kappa shape index (κ2) is 5.39. The summed E-state index contributed by atoms with van der Waals surface area (Å²) in [5.74, 6) is -4.10. The van der Waals surface area contributed by atoms with Crippen LogP contribution in [0.1, 0.15) is 13.3 Å². The van der Waals surface area contributed by atoms with E-state index in [1.165, 1.54) is 6.92 Å². The normalized spacial score (nSPS) is 11.9. The number of benzene rings is 1. The molecule has 0 saturated carbocycles. The number of aliphatic carboxylic acids is 1. The van der Waals surface area contributed by atoms with Gasteiger partial charge in [-0.15, -0.1) is 0 Å². The molecule has 1 atom stereocenters. The van der Waals surface area contributed by atoms with Crippen molar-refractivity contribution < 1.29 is 28.3 Å². The van der Waals surface area contributed by atoms with Crippen molar-refractivity contribution in [2.75, 3.05) is 0 Å². The Hall–Kier alpha value is -2.25. The fourth-order valence-corrected chi connectivity index (χ4v) is 1.25. The molecule has 0 aliphatic heterocycles. The van der Waals surface area contributed by atoms with Crippen LogP contribution in [-0.2, 0) is 4.79 Å². The fraction of sp³-hybridized carbons (Fsp3) is 0.300. The number of carboxylic acid groups (broad SMARTS) is 1. The van der Waals surface area contributed by atoms with E-state index >= 15 is 0 Å². The van der Waals surface area contributed by atoms with Crippen LogP contribution >= 0.6 is 0 Å². The van der Waals surface area contributed by atoms with Crippen LogP contribution in [-0.4, -0.2) is 22.1 Å². The van der Waals surface area contributed by atoms with Gasteiger partial charge in [-0.1, -0.05) is 0 Å². The molecule has 0 aromatic heterocycles. The summed E-state index contributed by atoms with van der Waals surface area (Å²) >= 11 is 0. The van der Waals surface area contributed by atoms with Crippen LogP contribution in [0.15, 0.2) is 12.1 Å². The minimum Gasteiger partial charge on any atom is -0.487 e. The molecule has 0 amide bonds. The Morgan fingerprint density at radius 2 is 2.11 bits per heavy atom. The molecule has 0 radical (unpaired) electrons. The van der Waals surface area contributed by atoms with Crippen LogP contribution in [0.5, 0.6) is 5.75 Å². The summed E-state index contributed by atoms with van der Waals surface area (Å²) in [4.78, 5) is 19.6. The second-order valence-electron chi connectivity index (χ2n) is 3.52. The molecule has 1 aromatic carbocycles. The lowest BCUT2D eigenvalue weighted by Crippen LogP contribution is -2.17. The molecule has 0 aliphatic rings. The van der Waals surface area contributed by atoms with Crippen molar-refractivity contribution >= 4 is 11.7 Å². The molecule has 0 saturated heterocycles. The first kappa shape index (κ1) is 13.8. The van der Waals surface area contributed by atoms with Crippen molar-refractivity contribution in [3.8, 4) is 5.75 Å². The SMILES string of the molecule is C[C@H](CC(=O)O)Oc1cc(F)c([N+](=O)[O-])cc1F. The van der Waals surface area contributed by atoms with Crippen LogP contribution in [0.3, 0.4) is 0 Å². The predicted molar refractivity (Wildman–Crippen MR) is 55.4 cm³/mol. The molecule has 0 spiro atoms. The Bertz CT molecular complexity index is 491. The van der Waals surface area contributed by atoms with Gasteiger partial charge in [0, 0.05) is 6.07 Å². The van der Waals surface area contributed by atoms with Gasteiger partial charge in [0.15, 0.2) is 11.6 Å². The molecule has 6 nitrogen and oxygen atoms in total. The molecule has 0 bridgehead atoms. The molecule has 1 rings (SSSR count). The fourth-order valence-electron chi connectivity index (χ4n) is 1.25. The highest BCUT2D eigenvalue weighted by Gasteiger charge is 2.21. The third-order valence-corrected chi connectivity index (χ3v) is 1.99. The zero-order valence-corrected chi connectivity index (χ0v) is 9.22. The molecule has 1 N–H and O–H groups in total. The third-order valence-electron chi connectivity index (χ3n) is 1.99. The van der Waals surface area contributed by atoms with Crippen molar-refractivity contribution in [3.05, 3.63) is 33.9 Å². The molecular formula is C10H9F2NO5. The van der Waals surface area contributed by atoms with E-state index in [9.17, 15) is 23.7 Å². The second-order valence-corrected chi connectivity index (χ2v) is 3.52. The molecule has 0 fully saturated rings. The zero-order valence-electron chi connectivity index (χ0n) is 9.22. The number of rotatable bonds is 5. The lowest BCUT2D eigenvalue weighted by Gasteiger charge is -2.13. The van der Waals surface area contributed by atoms with Crippen LogP contribution in [0.4, 0.5) is 14.5 Å². The summed E-state index contributed by atoms with van der Waals surface area (Å²) in [6, 6.07) is 0.907. The largest absolute Gasteiger partial charge is 0.487 e. The topological polar surface area (TPSA) is 89.7 Å². The van der Waals surface area contributed by atoms with Crippen molar-refractivity contribution in [1.82, 2.24) is 0 Å². The maximum Gasteiger partial charge on any atom is 0.307 e. The molecule has 1 aromatic rings. The zero-order chi connectivity index (χ0) is 13.9. The van der Waals surface area contributed by atoms with Crippen molar-refractivity contribution in [1.29, 1.82) is 0 Å². The molecule has 18 heavy (non-hydrogen) atoms. The Kier molecular flexibility index (Phi) is 4.13. The number of nitro groups is 1. The summed E-state index contributed by atoms with van der Waals surface area (Å²) in [7, 11) is 0. The van der Waals surface area contributed by atoms with Crippen molar-refractivity contribution in [2.45, 2.75) is 19.4 Å². The summed E-state index contributed by atoms with van der Waals surface area (Å²) < 4.78 is 31.4. The van der Waals surface area contributed by atoms with Gasteiger partial charge in [0.25, 0.3) is 0 Å². The van der Waals surface area contributed by atoms with Gasteiger partial charge in [0.05, 0.1) is 17.4 Å². The maximum absolute atomic E-state index is 13.3. The van der Waals surface area contributed by atoms with Crippen LogP contribution in [0.25, 0.3) is 0 Å². The Labute approximate surface area is 99.9 Å². The minimum atomic E-state index is -1.25. The molecule has 98 valence electrons. The van der Waals surface area contributed by atoms with E-state index in [4.69, 9.17) is 9.84 Å². The van der Waals surface area contributed by atoms with Crippen LogP contribution < -0.4 is 4.74 Å². The number of halogens is 2. The van der Waals surface area contributed by atoms with E-state index in [1.54, 1.807) is 0 Å². The molecule has 0 unspecified atom stereocenters. The van der Waals surface area contributed by atoms with E-state index < -0.39 is 46.5 Å². The predicted octanol–water partition coefficient (Wildman–Crippen LogP) is 2.12. The van der Waals surface area contributed by atoms with Gasteiger partial charge in [-0.05, 0) is 6.92 Å². The molecule has 8 heteroatoms. The maximum atomic E-state index is 13.3. The number of nitro benzene ring substituents is 1. The van der Waals surface area contributed by atoms with Gasteiger partial charge in [0.1, 0.15) is 6.10 Å². The Morgan fingerprint density at radius 1 is 1.50 bits per heavy atom. The Balaban J connectivity index is 2.94. The van der Waals surface area contributed by atoms with Gasteiger partial charge >= 0.3 is 11.7 Å². The summed E-state index contributed by atoms with van der Waals surface area (Å²) in [6.45, 7) is 1.35. The first-order chi connectivity index (χ1) is 8.31. The molecular weight excluding hydrogens is 252 g/mol. The highest BCUT2D eigenvalue weighted by atomic mass is 19.1. The van der Waals surface area contributed by atoms with E-state index in [0.717, 1.165) is 0 Å². The minimum absolute atomic E-state index is 0.387. The van der Waals surface area contributed by atoms with Gasteiger partial charge in [-0.2, -0.15) is 4.39 Å².